The summed E-state index contributed by atoms with van der Waals surface area (Å²) in [5.41, 5.74) is 8.31. The van der Waals surface area contributed by atoms with E-state index in [-0.39, 0.29) is 5.97 Å². The molecule has 0 bridgehead atoms. The highest BCUT2D eigenvalue weighted by molar-refractivity contribution is 5.91. The first-order valence-corrected chi connectivity index (χ1v) is 7.38. The molecule has 1 fully saturated rings. The molecule has 4 heteroatoms. The maximum Gasteiger partial charge on any atom is 0.337 e. The molecule has 2 N–H and O–H groups in total. The quantitative estimate of drug-likeness (QED) is 0.681. The van der Waals surface area contributed by atoms with Crippen molar-refractivity contribution in [2.75, 3.05) is 30.8 Å². The molecule has 1 aromatic carbocycles. The minimum absolute atomic E-state index is 0.342. The van der Waals surface area contributed by atoms with Crippen molar-refractivity contribution in [3.8, 4) is 0 Å². The van der Waals surface area contributed by atoms with Crippen molar-refractivity contribution in [2.24, 2.45) is 5.92 Å². The second kappa shape index (κ2) is 6.64. The van der Waals surface area contributed by atoms with Gasteiger partial charge in [0, 0.05) is 13.1 Å². The summed E-state index contributed by atoms with van der Waals surface area (Å²) in [4.78, 5) is 13.8. The highest BCUT2D eigenvalue weighted by atomic mass is 16.5. The number of nitrogen functional groups attached to an aromatic ring is 1. The highest BCUT2D eigenvalue weighted by Gasteiger charge is 2.18. The van der Waals surface area contributed by atoms with Crippen LogP contribution in [0.25, 0.3) is 0 Å². The zero-order valence-electron chi connectivity index (χ0n) is 12.4. The minimum atomic E-state index is -0.342. The molecule has 4 nitrogen and oxygen atoms in total. The number of rotatable bonds is 3. The van der Waals surface area contributed by atoms with Crippen molar-refractivity contribution >= 4 is 17.3 Å². The lowest BCUT2D eigenvalue weighted by Gasteiger charge is -2.24. The number of hydrogen-bond donors (Lipinski definition) is 1. The van der Waals surface area contributed by atoms with E-state index in [4.69, 9.17) is 10.5 Å². The van der Waals surface area contributed by atoms with Gasteiger partial charge in [-0.2, -0.15) is 0 Å². The highest BCUT2D eigenvalue weighted by Crippen LogP contribution is 2.29. The Morgan fingerprint density at radius 3 is 2.85 bits per heavy atom. The lowest BCUT2D eigenvalue weighted by Crippen LogP contribution is -2.25. The number of carbonyl (C=O) groups excluding carboxylic acids is 1. The normalized spacial score (nSPS) is 19.5. The van der Waals surface area contributed by atoms with Gasteiger partial charge in [0.05, 0.1) is 24.0 Å². The summed E-state index contributed by atoms with van der Waals surface area (Å²) in [5, 5.41) is 0. The minimum Gasteiger partial charge on any atom is -0.465 e. The predicted octanol–water partition coefficient (Wildman–Crippen LogP) is 3.07. The van der Waals surface area contributed by atoms with Gasteiger partial charge >= 0.3 is 5.97 Å². The predicted molar refractivity (Wildman–Crippen MR) is 82.0 cm³/mol. The number of hydrogen-bond acceptors (Lipinski definition) is 4. The summed E-state index contributed by atoms with van der Waals surface area (Å²) in [6, 6.07) is 5.44. The number of methoxy groups -OCH3 is 1. The third-order valence-electron chi connectivity index (χ3n) is 4.21. The van der Waals surface area contributed by atoms with Crippen LogP contribution in [0.5, 0.6) is 0 Å². The second-order valence-electron chi connectivity index (χ2n) is 5.46. The Balaban J connectivity index is 2.14. The molecule has 1 atom stereocenters. The molecule has 2 rings (SSSR count). The number of benzene rings is 1. The lowest BCUT2D eigenvalue weighted by atomic mass is 9.98. The molecule has 0 radical (unpaired) electrons. The van der Waals surface area contributed by atoms with E-state index in [0.29, 0.717) is 11.3 Å². The van der Waals surface area contributed by atoms with Gasteiger partial charge in [0.1, 0.15) is 0 Å². The van der Waals surface area contributed by atoms with E-state index in [1.165, 1.54) is 32.8 Å². The Kier molecular flexibility index (Phi) is 4.88. The Morgan fingerprint density at radius 2 is 2.20 bits per heavy atom. The fraction of sp³-hybridized carbons (Fsp3) is 0.562. The van der Waals surface area contributed by atoms with Crippen molar-refractivity contribution in [1.29, 1.82) is 0 Å². The molecule has 1 heterocycles. The smallest absolute Gasteiger partial charge is 0.337 e. The van der Waals surface area contributed by atoms with E-state index in [9.17, 15) is 4.79 Å². The molecule has 110 valence electrons. The monoisotopic (exact) mass is 276 g/mol. The van der Waals surface area contributed by atoms with Crippen molar-refractivity contribution < 1.29 is 9.53 Å². The molecule has 20 heavy (non-hydrogen) atoms. The van der Waals surface area contributed by atoms with Crippen LogP contribution in [0.2, 0.25) is 0 Å². The van der Waals surface area contributed by atoms with Gasteiger partial charge in [-0.05, 0) is 43.4 Å². The first-order chi connectivity index (χ1) is 9.65. The number of ether oxygens (including phenoxy) is 1. The number of carbonyl (C=O) groups is 1. The van der Waals surface area contributed by atoms with Crippen LogP contribution in [-0.2, 0) is 4.74 Å². The molecule has 1 aliphatic heterocycles. The van der Waals surface area contributed by atoms with Crippen LogP contribution in [0, 0.1) is 5.92 Å². The van der Waals surface area contributed by atoms with Crippen LogP contribution >= 0.6 is 0 Å². The molecule has 1 unspecified atom stereocenters. The molecule has 0 aromatic heterocycles. The molecular formula is C16H24N2O2. The van der Waals surface area contributed by atoms with Crippen molar-refractivity contribution in [3.05, 3.63) is 23.8 Å². The molecule has 0 spiro atoms. The van der Waals surface area contributed by atoms with Crippen LogP contribution in [0.3, 0.4) is 0 Å². The zero-order valence-corrected chi connectivity index (χ0v) is 12.4. The van der Waals surface area contributed by atoms with Gasteiger partial charge in [0.2, 0.25) is 0 Å². The Morgan fingerprint density at radius 1 is 1.40 bits per heavy atom. The third-order valence-corrected chi connectivity index (χ3v) is 4.21. The van der Waals surface area contributed by atoms with Crippen LogP contribution in [-0.4, -0.2) is 26.2 Å². The summed E-state index contributed by atoms with van der Waals surface area (Å²) in [5.74, 6) is 0.487. The fourth-order valence-corrected chi connectivity index (χ4v) is 2.90. The summed E-state index contributed by atoms with van der Waals surface area (Å²) in [7, 11) is 1.38. The zero-order chi connectivity index (χ0) is 14.5. The number of esters is 1. The topological polar surface area (TPSA) is 55.6 Å². The second-order valence-corrected chi connectivity index (χ2v) is 5.46. The van der Waals surface area contributed by atoms with E-state index in [1.54, 1.807) is 12.1 Å². The Hall–Kier alpha value is -1.71. The molecule has 0 amide bonds. The van der Waals surface area contributed by atoms with Crippen LogP contribution in [0.1, 0.15) is 43.0 Å². The van der Waals surface area contributed by atoms with Gasteiger partial charge < -0.3 is 15.4 Å². The molecule has 1 aliphatic rings. The van der Waals surface area contributed by atoms with Crippen LogP contribution in [0.4, 0.5) is 11.4 Å². The molecule has 1 aromatic rings. The van der Waals surface area contributed by atoms with E-state index in [2.05, 4.69) is 11.8 Å². The lowest BCUT2D eigenvalue weighted by molar-refractivity contribution is 0.0601. The fourth-order valence-electron chi connectivity index (χ4n) is 2.90. The summed E-state index contributed by atoms with van der Waals surface area (Å²) < 4.78 is 4.72. The average molecular weight is 276 g/mol. The Bertz CT molecular complexity index is 474. The summed E-state index contributed by atoms with van der Waals surface area (Å²) in [6.07, 6.45) is 4.98. The summed E-state index contributed by atoms with van der Waals surface area (Å²) in [6.45, 7) is 4.35. The van der Waals surface area contributed by atoms with Gasteiger partial charge in [-0.3, -0.25) is 0 Å². The van der Waals surface area contributed by atoms with Crippen LogP contribution < -0.4 is 10.6 Å². The van der Waals surface area contributed by atoms with Gasteiger partial charge in [0.25, 0.3) is 0 Å². The summed E-state index contributed by atoms with van der Waals surface area (Å²) >= 11 is 0. The first-order valence-electron chi connectivity index (χ1n) is 7.38. The molecule has 1 saturated heterocycles. The Labute approximate surface area is 120 Å². The van der Waals surface area contributed by atoms with Gasteiger partial charge in [0.15, 0.2) is 0 Å². The van der Waals surface area contributed by atoms with E-state index >= 15 is 0 Å². The van der Waals surface area contributed by atoms with E-state index < -0.39 is 0 Å². The van der Waals surface area contributed by atoms with Crippen LogP contribution in [0.15, 0.2) is 18.2 Å². The largest absolute Gasteiger partial charge is 0.465 e. The maximum atomic E-state index is 11.5. The first kappa shape index (κ1) is 14.7. The number of nitrogens with two attached hydrogens (primary N) is 1. The molecule has 0 aliphatic carbocycles. The van der Waals surface area contributed by atoms with Crippen molar-refractivity contribution in [1.82, 2.24) is 0 Å². The van der Waals surface area contributed by atoms with Gasteiger partial charge in [-0.25, -0.2) is 4.79 Å². The maximum absolute atomic E-state index is 11.5. The molecular weight excluding hydrogens is 252 g/mol. The standard InChI is InChI=1S/C16H24N2O2/c1-3-12-5-4-9-18(10-8-12)15-7-6-13(11-14(15)17)16(19)20-2/h6-7,11-12H,3-5,8-10,17H2,1-2H3. The SMILES string of the molecule is CCC1CCCN(c2ccc(C(=O)OC)cc2N)CC1. The molecule has 0 saturated carbocycles. The van der Waals surface area contributed by atoms with E-state index in [0.717, 1.165) is 24.7 Å². The number of nitrogens with zero attached hydrogens (tertiary/aromatic N) is 1. The van der Waals surface area contributed by atoms with Crippen molar-refractivity contribution in [2.45, 2.75) is 32.6 Å². The van der Waals surface area contributed by atoms with Crippen molar-refractivity contribution in [3.63, 3.8) is 0 Å². The van der Waals surface area contributed by atoms with Gasteiger partial charge in [-0.15, -0.1) is 0 Å². The third kappa shape index (κ3) is 3.24. The number of anilines is 2. The van der Waals surface area contributed by atoms with E-state index in [1.807, 2.05) is 6.07 Å². The van der Waals surface area contributed by atoms with Gasteiger partial charge in [-0.1, -0.05) is 13.3 Å². The average Bonchev–Trinajstić information content (AvgIpc) is 2.71.